The molecule has 0 aliphatic heterocycles. The summed E-state index contributed by atoms with van der Waals surface area (Å²) in [5.74, 6) is -0.169. The van der Waals surface area contributed by atoms with E-state index in [1.54, 1.807) is 44.4 Å². The molecule has 3 aromatic rings. The molecule has 0 unspecified atom stereocenters. The number of hydrogen-bond donors (Lipinski definition) is 1. The second-order valence-corrected chi connectivity index (χ2v) is 11.8. The molecule has 0 saturated heterocycles. The quantitative estimate of drug-likeness (QED) is 0.279. The monoisotopic (exact) mass is 585 g/mol. The van der Waals surface area contributed by atoms with Crippen LogP contribution in [0.15, 0.2) is 77.7 Å². The molecule has 2 amide bonds. The van der Waals surface area contributed by atoms with Crippen molar-refractivity contribution in [1.82, 2.24) is 10.2 Å². The largest absolute Gasteiger partial charge is 0.497 e. The molecule has 10 heteroatoms. The van der Waals surface area contributed by atoms with Crippen molar-refractivity contribution in [3.05, 3.63) is 88.9 Å². The number of halogens is 1. The second-order valence-electron chi connectivity index (χ2n) is 9.49. The molecule has 214 valence electrons. The lowest BCUT2D eigenvalue weighted by atomic mass is 10.1. The number of anilines is 1. The molecule has 0 aliphatic rings. The normalized spacial score (nSPS) is 11.9. The molecule has 0 fully saturated rings. The van der Waals surface area contributed by atoms with Gasteiger partial charge in [-0.05, 0) is 79.9 Å². The number of aryl methyl sites for hydroxylation is 1. The van der Waals surface area contributed by atoms with Crippen molar-refractivity contribution in [2.75, 3.05) is 24.5 Å². The number of ether oxygens (including phenoxy) is 1. The molecule has 0 saturated carbocycles. The third-order valence-electron chi connectivity index (χ3n) is 6.48. The molecular weight excluding hydrogens is 550 g/mol. The third kappa shape index (κ3) is 7.99. The maximum Gasteiger partial charge on any atom is 0.264 e. The summed E-state index contributed by atoms with van der Waals surface area (Å²) in [6.07, 6.45) is 1.72. The van der Waals surface area contributed by atoms with E-state index in [9.17, 15) is 18.0 Å². The number of nitrogens with one attached hydrogen (secondary N) is 1. The van der Waals surface area contributed by atoms with Gasteiger partial charge in [-0.3, -0.25) is 13.9 Å². The van der Waals surface area contributed by atoms with Crippen LogP contribution in [0, 0.1) is 6.92 Å². The fourth-order valence-corrected chi connectivity index (χ4v) is 5.62. The first-order valence-corrected chi connectivity index (χ1v) is 14.9. The van der Waals surface area contributed by atoms with E-state index in [4.69, 9.17) is 16.3 Å². The number of methoxy groups -OCH3 is 1. The van der Waals surface area contributed by atoms with Gasteiger partial charge in [0.15, 0.2) is 0 Å². The lowest BCUT2D eigenvalue weighted by molar-refractivity contribution is -0.139. The number of unbranched alkanes of at least 4 members (excludes halogenated alkanes) is 1. The number of rotatable bonds is 13. The number of carbonyl (C=O) groups is 2. The van der Waals surface area contributed by atoms with Crippen molar-refractivity contribution in [2.24, 2.45) is 0 Å². The van der Waals surface area contributed by atoms with Crippen LogP contribution in [0.25, 0.3) is 0 Å². The Morgan fingerprint density at radius 2 is 1.70 bits per heavy atom. The molecule has 0 aliphatic carbocycles. The summed E-state index contributed by atoms with van der Waals surface area (Å²) in [6.45, 7) is 5.61. The van der Waals surface area contributed by atoms with Gasteiger partial charge < -0.3 is 15.0 Å². The van der Waals surface area contributed by atoms with Gasteiger partial charge in [0, 0.05) is 18.1 Å². The molecule has 3 aromatic carbocycles. The Bertz CT molecular complexity index is 1400. The minimum Gasteiger partial charge on any atom is -0.497 e. The molecule has 0 radical (unpaired) electrons. The van der Waals surface area contributed by atoms with Gasteiger partial charge in [0.25, 0.3) is 10.0 Å². The van der Waals surface area contributed by atoms with Crippen LogP contribution < -0.4 is 14.4 Å². The molecule has 1 atom stereocenters. The van der Waals surface area contributed by atoms with Crippen LogP contribution >= 0.6 is 11.6 Å². The van der Waals surface area contributed by atoms with Crippen LogP contribution in [0.5, 0.6) is 5.75 Å². The number of amides is 2. The Hall–Kier alpha value is -3.56. The Balaban J connectivity index is 1.99. The van der Waals surface area contributed by atoms with Crippen LogP contribution in [0.3, 0.4) is 0 Å². The third-order valence-corrected chi connectivity index (χ3v) is 8.52. The standard InChI is InChI=1S/C30H36ClN3O5S/c1-5-6-18-32-30(36)23(3)33(20-24-10-14-27(39-4)15-11-24)29(35)21-34(26-9-7-8-22(2)19-26)40(37,38)28-16-12-25(31)13-17-28/h7-17,19,23H,5-6,18,20-21H2,1-4H3,(H,32,36)/t23-/m1/s1. The minimum absolute atomic E-state index is 0.00160. The average molecular weight is 586 g/mol. The lowest BCUT2D eigenvalue weighted by Gasteiger charge is -2.32. The highest BCUT2D eigenvalue weighted by Crippen LogP contribution is 2.26. The molecular formula is C30H36ClN3O5S. The Kier molecular flexibility index (Phi) is 11.0. The first kappa shape index (κ1) is 31.0. The van der Waals surface area contributed by atoms with Crippen LogP contribution in [-0.4, -0.2) is 51.4 Å². The van der Waals surface area contributed by atoms with Crippen molar-refractivity contribution < 1.29 is 22.7 Å². The molecule has 1 N–H and O–H groups in total. The summed E-state index contributed by atoms with van der Waals surface area (Å²) < 4.78 is 34.0. The van der Waals surface area contributed by atoms with Crippen LogP contribution in [0.4, 0.5) is 5.69 Å². The molecule has 8 nitrogen and oxygen atoms in total. The summed E-state index contributed by atoms with van der Waals surface area (Å²) in [7, 11) is -2.59. The highest BCUT2D eigenvalue weighted by molar-refractivity contribution is 7.92. The second kappa shape index (κ2) is 14.2. The first-order valence-electron chi connectivity index (χ1n) is 13.1. The zero-order chi connectivity index (χ0) is 29.3. The first-order chi connectivity index (χ1) is 19.1. The maximum atomic E-state index is 13.9. The van der Waals surface area contributed by atoms with E-state index >= 15 is 0 Å². The Labute approximate surface area is 241 Å². The van der Waals surface area contributed by atoms with E-state index in [2.05, 4.69) is 5.32 Å². The predicted octanol–water partition coefficient (Wildman–Crippen LogP) is 5.19. The summed E-state index contributed by atoms with van der Waals surface area (Å²) >= 11 is 6.00. The van der Waals surface area contributed by atoms with E-state index in [-0.39, 0.29) is 17.3 Å². The van der Waals surface area contributed by atoms with E-state index in [1.807, 2.05) is 32.0 Å². The van der Waals surface area contributed by atoms with Crippen molar-refractivity contribution in [3.63, 3.8) is 0 Å². The molecule has 3 rings (SSSR count). The molecule has 0 heterocycles. The summed E-state index contributed by atoms with van der Waals surface area (Å²) in [5.41, 5.74) is 1.94. The maximum absolute atomic E-state index is 13.9. The van der Waals surface area contributed by atoms with Crippen molar-refractivity contribution >= 4 is 39.1 Å². The Morgan fingerprint density at radius 3 is 2.30 bits per heavy atom. The number of benzene rings is 3. The topological polar surface area (TPSA) is 96.0 Å². The minimum atomic E-state index is -4.15. The molecule has 0 spiro atoms. The summed E-state index contributed by atoms with van der Waals surface area (Å²) in [6, 6.07) is 19.0. The number of carbonyl (C=O) groups excluding carboxylic acids is 2. The van der Waals surface area contributed by atoms with Crippen molar-refractivity contribution in [2.45, 2.75) is 51.1 Å². The average Bonchev–Trinajstić information content (AvgIpc) is 2.94. The number of nitrogens with zero attached hydrogens (tertiary/aromatic N) is 2. The van der Waals surface area contributed by atoms with E-state index < -0.39 is 28.5 Å². The summed E-state index contributed by atoms with van der Waals surface area (Å²) in [5, 5.41) is 3.27. The molecule has 0 aromatic heterocycles. The number of sulfonamides is 1. The lowest BCUT2D eigenvalue weighted by Crippen LogP contribution is -2.51. The van der Waals surface area contributed by atoms with Gasteiger partial charge in [-0.2, -0.15) is 0 Å². The summed E-state index contributed by atoms with van der Waals surface area (Å²) in [4.78, 5) is 28.4. The van der Waals surface area contributed by atoms with Crippen molar-refractivity contribution in [1.29, 1.82) is 0 Å². The fourth-order valence-electron chi connectivity index (χ4n) is 4.09. The predicted molar refractivity (Wildman–Crippen MR) is 158 cm³/mol. The van der Waals surface area contributed by atoms with E-state index in [1.165, 1.54) is 29.2 Å². The van der Waals surface area contributed by atoms with Gasteiger partial charge in [0.2, 0.25) is 11.8 Å². The van der Waals surface area contributed by atoms with Crippen LogP contribution in [0.1, 0.15) is 37.8 Å². The molecule has 0 bridgehead atoms. The van der Waals surface area contributed by atoms with Gasteiger partial charge in [0.05, 0.1) is 17.7 Å². The van der Waals surface area contributed by atoms with Gasteiger partial charge in [-0.1, -0.05) is 49.2 Å². The van der Waals surface area contributed by atoms with Crippen molar-refractivity contribution in [3.8, 4) is 5.75 Å². The zero-order valence-electron chi connectivity index (χ0n) is 23.3. The highest BCUT2D eigenvalue weighted by Gasteiger charge is 2.32. The van der Waals surface area contributed by atoms with Gasteiger partial charge in [-0.15, -0.1) is 0 Å². The van der Waals surface area contributed by atoms with Crippen LogP contribution in [-0.2, 0) is 26.2 Å². The van der Waals surface area contributed by atoms with Crippen LogP contribution in [0.2, 0.25) is 5.02 Å². The van der Waals surface area contributed by atoms with E-state index in [0.717, 1.165) is 28.3 Å². The number of hydrogen-bond acceptors (Lipinski definition) is 5. The van der Waals surface area contributed by atoms with Gasteiger partial charge in [0.1, 0.15) is 18.3 Å². The van der Waals surface area contributed by atoms with Gasteiger partial charge >= 0.3 is 0 Å². The highest BCUT2D eigenvalue weighted by atomic mass is 35.5. The Morgan fingerprint density at radius 1 is 1.02 bits per heavy atom. The SMILES string of the molecule is CCCCNC(=O)[C@@H](C)N(Cc1ccc(OC)cc1)C(=O)CN(c1cccc(C)c1)S(=O)(=O)c1ccc(Cl)cc1. The smallest absolute Gasteiger partial charge is 0.264 e. The van der Waals surface area contributed by atoms with E-state index in [0.29, 0.717) is 23.0 Å². The zero-order valence-corrected chi connectivity index (χ0v) is 24.8. The molecule has 40 heavy (non-hydrogen) atoms. The fraction of sp³-hybridized carbons (Fsp3) is 0.333. The van der Waals surface area contributed by atoms with Gasteiger partial charge in [-0.25, -0.2) is 8.42 Å².